The van der Waals surface area contributed by atoms with Crippen molar-refractivity contribution in [1.29, 1.82) is 0 Å². The van der Waals surface area contributed by atoms with Crippen molar-refractivity contribution in [3.63, 3.8) is 0 Å². The van der Waals surface area contributed by atoms with Crippen molar-refractivity contribution in [2.45, 2.75) is 39.0 Å². The maximum absolute atomic E-state index is 12.9. The Hall–Kier alpha value is -1.18. The summed E-state index contributed by atoms with van der Waals surface area (Å²) in [6.45, 7) is 2.03. The lowest BCUT2D eigenvalue weighted by molar-refractivity contribution is -0.0251. The summed E-state index contributed by atoms with van der Waals surface area (Å²) in [6.07, 6.45) is 10.2. The third-order valence-corrected chi connectivity index (χ3v) is 5.83. The van der Waals surface area contributed by atoms with Crippen molar-refractivity contribution in [1.82, 2.24) is 4.98 Å². The van der Waals surface area contributed by atoms with E-state index in [9.17, 15) is 4.79 Å². The van der Waals surface area contributed by atoms with Crippen molar-refractivity contribution in [2.24, 2.45) is 29.6 Å². The van der Waals surface area contributed by atoms with Crippen LogP contribution in [0.2, 0.25) is 0 Å². The molecule has 4 saturated carbocycles. The predicted octanol–water partition coefficient (Wildman–Crippen LogP) is 3.65. The van der Waals surface area contributed by atoms with Crippen LogP contribution in [0, 0.1) is 36.5 Å². The molecule has 1 heterocycles. The molecule has 0 N–H and O–H groups in total. The Morgan fingerprint density at radius 3 is 2.32 bits per heavy atom. The number of carbonyl (C=O) groups excluding carboxylic acids is 1. The SMILES string of the molecule is Cc1ccncc1C(=O)C1C2CC3CC(C2)CC1C3. The second-order valence-electron chi connectivity index (χ2n) is 7.01. The van der Waals surface area contributed by atoms with E-state index in [0.29, 0.717) is 23.5 Å². The lowest BCUT2D eigenvalue weighted by atomic mass is 9.51. The highest BCUT2D eigenvalue weighted by Gasteiger charge is 2.50. The number of hydrogen-bond acceptors (Lipinski definition) is 2. The van der Waals surface area contributed by atoms with Crippen LogP contribution in [0.3, 0.4) is 0 Å². The normalized spacial score (nSPS) is 39.5. The van der Waals surface area contributed by atoms with E-state index in [2.05, 4.69) is 4.98 Å². The molecule has 0 aliphatic heterocycles. The monoisotopic (exact) mass is 255 g/mol. The average Bonchev–Trinajstić information content (AvgIpc) is 2.37. The molecular formula is C17H21NO. The van der Waals surface area contributed by atoms with Gasteiger partial charge in [-0.1, -0.05) is 0 Å². The first kappa shape index (κ1) is 11.6. The summed E-state index contributed by atoms with van der Waals surface area (Å²) in [5, 5.41) is 0. The Morgan fingerprint density at radius 1 is 1.11 bits per heavy atom. The molecule has 19 heavy (non-hydrogen) atoms. The van der Waals surface area contributed by atoms with Crippen LogP contribution < -0.4 is 0 Å². The molecule has 0 radical (unpaired) electrons. The van der Waals surface area contributed by atoms with Gasteiger partial charge in [0.25, 0.3) is 0 Å². The zero-order valence-electron chi connectivity index (χ0n) is 11.5. The Balaban J connectivity index is 1.66. The van der Waals surface area contributed by atoms with Gasteiger partial charge in [-0.3, -0.25) is 9.78 Å². The zero-order valence-corrected chi connectivity index (χ0v) is 11.5. The summed E-state index contributed by atoms with van der Waals surface area (Å²) >= 11 is 0. The smallest absolute Gasteiger partial charge is 0.168 e. The van der Waals surface area contributed by atoms with Gasteiger partial charge in [-0.25, -0.2) is 0 Å². The molecule has 1 aromatic heterocycles. The summed E-state index contributed by atoms with van der Waals surface area (Å²) in [7, 11) is 0. The Labute approximate surface area is 114 Å². The first-order chi connectivity index (χ1) is 9.22. The van der Waals surface area contributed by atoms with Gasteiger partial charge >= 0.3 is 0 Å². The Kier molecular flexibility index (Phi) is 2.54. The van der Waals surface area contributed by atoms with E-state index < -0.39 is 0 Å². The summed E-state index contributed by atoms with van der Waals surface area (Å²) in [4.78, 5) is 17.1. The van der Waals surface area contributed by atoms with Crippen LogP contribution in [-0.4, -0.2) is 10.8 Å². The number of pyridine rings is 1. The minimum Gasteiger partial charge on any atom is -0.294 e. The van der Waals surface area contributed by atoms with E-state index in [0.717, 1.165) is 23.0 Å². The van der Waals surface area contributed by atoms with Gasteiger partial charge in [0.15, 0.2) is 5.78 Å². The predicted molar refractivity (Wildman–Crippen MR) is 73.8 cm³/mol. The van der Waals surface area contributed by atoms with Crippen molar-refractivity contribution in [3.05, 3.63) is 29.6 Å². The van der Waals surface area contributed by atoms with Crippen LogP contribution >= 0.6 is 0 Å². The fourth-order valence-corrected chi connectivity index (χ4v) is 5.25. The van der Waals surface area contributed by atoms with Gasteiger partial charge < -0.3 is 0 Å². The van der Waals surface area contributed by atoms with E-state index in [-0.39, 0.29) is 0 Å². The summed E-state index contributed by atoms with van der Waals surface area (Å²) < 4.78 is 0. The highest BCUT2D eigenvalue weighted by Crippen LogP contribution is 2.57. The molecule has 4 aliphatic carbocycles. The first-order valence-corrected chi connectivity index (χ1v) is 7.67. The van der Waals surface area contributed by atoms with Crippen LogP contribution in [-0.2, 0) is 0 Å². The third kappa shape index (κ3) is 1.76. The van der Waals surface area contributed by atoms with Crippen LogP contribution in [0.5, 0.6) is 0 Å². The standard InChI is InChI=1S/C17H21NO/c1-10-2-3-18-9-15(10)17(19)16-13-5-11-4-12(7-13)8-14(16)6-11/h2-3,9,11-14,16H,4-8H2,1H3. The van der Waals surface area contributed by atoms with Gasteiger partial charge in [-0.05, 0) is 74.3 Å². The molecule has 4 fully saturated rings. The molecule has 1 aromatic rings. The molecule has 0 saturated heterocycles. The molecule has 100 valence electrons. The number of aromatic nitrogens is 1. The highest BCUT2D eigenvalue weighted by molar-refractivity contribution is 5.99. The van der Waals surface area contributed by atoms with Crippen LogP contribution in [0.15, 0.2) is 18.5 Å². The first-order valence-electron chi connectivity index (χ1n) is 7.67. The van der Waals surface area contributed by atoms with Crippen LogP contribution in [0.4, 0.5) is 0 Å². The number of nitrogens with zero attached hydrogens (tertiary/aromatic N) is 1. The molecule has 0 amide bonds. The number of Topliss-reactive ketones (excluding diaryl/α,β-unsaturated/α-hetero) is 1. The number of rotatable bonds is 2. The zero-order chi connectivity index (χ0) is 13.0. The second kappa shape index (κ2) is 4.16. The van der Waals surface area contributed by atoms with Crippen LogP contribution in [0.1, 0.15) is 48.0 Å². The van der Waals surface area contributed by atoms with Gasteiger partial charge in [0.05, 0.1) is 0 Å². The molecule has 0 spiro atoms. The van der Waals surface area contributed by atoms with Gasteiger partial charge in [-0.2, -0.15) is 0 Å². The largest absolute Gasteiger partial charge is 0.294 e. The number of hydrogen-bond donors (Lipinski definition) is 0. The van der Waals surface area contributed by atoms with E-state index >= 15 is 0 Å². The topological polar surface area (TPSA) is 30.0 Å². The lowest BCUT2D eigenvalue weighted by Gasteiger charge is -2.53. The second-order valence-corrected chi connectivity index (χ2v) is 7.01. The van der Waals surface area contributed by atoms with E-state index in [4.69, 9.17) is 0 Å². The van der Waals surface area contributed by atoms with Crippen LogP contribution in [0.25, 0.3) is 0 Å². The summed E-state index contributed by atoms with van der Waals surface area (Å²) in [5.74, 6) is 3.89. The fraction of sp³-hybridized carbons (Fsp3) is 0.647. The molecule has 4 bridgehead atoms. The minimum absolute atomic E-state index is 0.302. The van der Waals surface area contributed by atoms with Crippen molar-refractivity contribution in [2.75, 3.05) is 0 Å². The molecule has 4 aliphatic rings. The molecule has 0 atom stereocenters. The van der Waals surface area contributed by atoms with Crippen molar-refractivity contribution >= 4 is 5.78 Å². The highest BCUT2D eigenvalue weighted by atomic mass is 16.1. The number of ketones is 1. The van der Waals surface area contributed by atoms with E-state index in [1.165, 1.54) is 32.1 Å². The van der Waals surface area contributed by atoms with Gasteiger partial charge in [-0.15, -0.1) is 0 Å². The number of carbonyl (C=O) groups is 1. The maximum Gasteiger partial charge on any atom is 0.168 e. The van der Waals surface area contributed by atoms with E-state index in [1.807, 2.05) is 13.0 Å². The summed E-state index contributed by atoms with van der Waals surface area (Å²) in [6, 6.07) is 1.96. The molecule has 2 nitrogen and oxygen atoms in total. The molecule has 0 unspecified atom stereocenters. The van der Waals surface area contributed by atoms with E-state index in [1.54, 1.807) is 12.4 Å². The van der Waals surface area contributed by atoms with Gasteiger partial charge in [0.1, 0.15) is 0 Å². The lowest BCUT2D eigenvalue weighted by Crippen LogP contribution is -2.48. The quantitative estimate of drug-likeness (QED) is 0.755. The average molecular weight is 255 g/mol. The van der Waals surface area contributed by atoms with Crippen molar-refractivity contribution in [3.8, 4) is 0 Å². The van der Waals surface area contributed by atoms with Gasteiger partial charge in [0.2, 0.25) is 0 Å². The van der Waals surface area contributed by atoms with Gasteiger partial charge in [0, 0.05) is 23.9 Å². The fourth-order valence-electron chi connectivity index (χ4n) is 5.25. The molecule has 5 rings (SSSR count). The molecular weight excluding hydrogens is 234 g/mol. The summed E-state index contributed by atoms with van der Waals surface area (Å²) in [5.41, 5.74) is 1.97. The molecule has 0 aromatic carbocycles. The van der Waals surface area contributed by atoms with Crippen molar-refractivity contribution < 1.29 is 4.79 Å². The Bertz CT molecular complexity index is 494. The molecule has 2 heteroatoms. The number of aryl methyl sites for hydroxylation is 1. The maximum atomic E-state index is 12.9. The third-order valence-electron chi connectivity index (χ3n) is 5.83. The Morgan fingerprint density at radius 2 is 1.74 bits per heavy atom. The minimum atomic E-state index is 0.302.